The fourth-order valence-corrected chi connectivity index (χ4v) is 7.00. The Balaban J connectivity index is 1.66. The lowest BCUT2D eigenvalue weighted by molar-refractivity contribution is -0.136. The van der Waals surface area contributed by atoms with E-state index in [1.165, 1.54) is 0 Å². The van der Waals surface area contributed by atoms with Crippen molar-refractivity contribution in [2.24, 2.45) is 11.8 Å². The normalized spacial score (nSPS) is 31.2. The molecule has 2 aliphatic carbocycles. The number of alkyl halides is 3. The summed E-state index contributed by atoms with van der Waals surface area (Å²) in [5, 5.41) is 19.3. The van der Waals surface area contributed by atoms with Gasteiger partial charge < -0.3 is 5.11 Å². The topological polar surface area (TPSA) is 93.4 Å². The zero-order valence-electron chi connectivity index (χ0n) is 16.1. The number of hydrogen-bond acceptors (Lipinski definition) is 4. The lowest BCUT2D eigenvalue weighted by Crippen LogP contribution is -2.52. The Kier molecular flexibility index (Phi) is 5.01. The van der Waals surface area contributed by atoms with Gasteiger partial charge in [0.2, 0.25) is 0 Å². The third-order valence-corrected chi connectivity index (χ3v) is 8.30. The molecule has 1 aromatic carbocycles. The summed E-state index contributed by atoms with van der Waals surface area (Å²) in [5.74, 6) is -0.259. The molecule has 0 amide bonds. The van der Waals surface area contributed by atoms with E-state index >= 15 is 0 Å². The van der Waals surface area contributed by atoms with Crippen LogP contribution in [0.15, 0.2) is 30.4 Å². The van der Waals surface area contributed by atoms with Crippen LogP contribution in [-0.2, 0) is 23.1 Å². The molecule has 1 aromatic rings. The Morgan fingerprint density at radius 2 is 1.97 bits per heavy atom. The van der Waals surface area contributed by atoms with Gasteiger partial charge in [0.25, 0.3) is 10.2 Å². The summed E-state index contributed by atoms with van der Waals surface area (Å²) in [7, 11) is -4.22. The summed E-state index contributed by atoms with van der Waals surface area (Å²) in [5.41, 5.74) is 1.54. The van der Waals surface area contributed by atoms with Crippen LogP contribution in [0.4, 0.5) is 13.2 Å². The first kappa shape index (κ1) is 21.3. The molecule has 3 aliphatic rings. The van der Waals surface area contributed by atoms with Crippen LogP contribution in [0.2, 0.25) is 0 Å². The molecule has 10 heteroatoms. The Labute approximate surface area is 173 Å². The van der Waals surface area contributed by atoms with Gasteiger partial charge in [-0.15, -0.1) is 0 Å². The zero-order valence-corrected chi connectivity index (χ0v) is 16.9. The summed E-state index contributed by atoms with van der Waals surface area (Å²) in [6, 6.07) is 7.20. The molecule has 2 fully saturated rings. The van der Waals surface area contributed by atoms with Gasteiger partial charge >= 0.3 is 6.18 Å². The SMILES string of the molecule is C=C(C#N)C(O)c1ccc2c(c1)C[C@@H]1CC[C@H](C2)[C@]12CN(CC(F)(F)F)S(=O)(=O)N2. The van der Waals surface area contributed by atoms with Crippen molar-refractivity contribution in [3.63, 3.8) is 0 Å². The van der Waals surface area contributed by atoms with E-state index in [0.29, 0.717) is 29.1 Å². The molecule has 0 aromatic heterocycles. The van der Waals surface area contributed by atoms with Gasteiger partial charge in [0.05, 0.1) is 17.2 Å². The summed E-state index contributed by atoms with van der Waals surface area (Å²) >= 11 is 0. The van der Waals surface area contributed by atoms with Crippen LogP contribution in [0.1, 0.15) is 35.6 Å². The predicted octanol–water partition coefficient (Wildman–Crippen LogP) is 2.38. The number of halogens is 3. The van der Waals surface area contributed by atoms with Crippen molar-refractivity contribution < 1.29 is 26.7 Å². The first-order chi connectivity index (χ1) is 13.9. The van der Waals surface area contributed by atoms with Gasteiger partial charge in [-0.1, -0.05) is 24.8 Å². The van der Waals surface area contributed by atoms with Gasteiger partial charge in [-0.05, 0) is 54.2 Å². The fourth-order valence-electron chi connectivity index (χ4n) is 5.30. The third-order valence-electron chi connectivity index (χ3n) is 6.73. The van der Waals surface area contributed by atoms with E-state index in [1.54, 1.807) is 12.1 Å². The molecule has 30 heavy (non-hydrogen) atoms. The van der Waals surface area contributed by atoms with Gasteiger partial charge in [0.1, 0.15) is 12.6 Å². The monoisotopic (exact) mass is 441 g/mol. The minimum absolute atomic E-state index is 0.0212. The zero-order chi connectivity index (χ0) is 21.9. The van der Waals surface area contributed by atoms with Crippen molar-refractivity contribution >= 4 is 10.2 Å². The van der Waals surface area contributed by atoms with Gasteiger partial charge in [0, 0.05) is 6.54 Å². The first-order valence-corrected chi connectivity index (χ1v) is 11.1. The lowest BCUT2D eigenvalue weighted by Gasteiger charge is -2.33. The van der Waals surface area contributed by atoms with Crippen LogP contribution < -0.4 is 4.72 Å². The van der Waals surface area contributed by atoms with E-state index in [2.05, 4.69) is 11.3 Å². The van der Waals surface area contributed by atoms with Gasteiger partial charge in [-0.25, -0.2) is 0 Å². The highest BCUT2D eigenvalue weighted by Crippen LogP contribution is 2.50. The number of aliphatic hydroxyl groups is 1. The molecule has 6 nitrogen and oxygen atoms in total. The van der Waals surface area contributed by atoms with Crippen molar-refractivity contribution in [1.82, 2.24) is 9.03 Å². The molecule has 4 atom stereocenters. The Morgan fingerprint density at radius 1 is 1.33 bits per heavy atom. The van der Waals surface area contributed by atoms with E-state index in [1.807, 2.05) is 12.1 Å². The number of nitrogens with one attached hydrogen (secondary N) is 1. The highest BCUT2D eigenvalue weighted by atomic mass is 32.2. The minimum Gasteiger partial charge on any atom is -0.383 e. The Bertz CT molecular complexity index is 1030. The maximum Gasteiger partial charge on any atom is 0.402 e. The number of rotatable bonds is 3. The molecular formula is C20H22F3N3O3S. The smallest absolute Gasteiger partial charge is 0.383 e. The van der Waals surface area contributed by atoms with Crippen molar-refractivity contribution in [3.05, 3.63) is 47.0 Å². The molecule has 4 rings (SSSR count). The lowest BCUT2D eigenvalue weighted by atomic mass is 9.79. The predicted molar refractivity (Wildman–Crippen MR) is 102 cm³/mol. The molecule has 162 valence electrons. The molecule has 1 saturated carbocycles. The quantitative estimate of drug-likeness (QED) is 0.705. The van der Waals surface area contributed by atoms with Gasteiger partial charge in [-0.2, -0.15) is 35.9 Å². The number of aliphatic hydroxyl groups excluding tert-OH is 1. The summed E-state index contributed by atoms with van der Waals surface area (Å²) in [6.07, 6.45) is -3.24. The van der Waals surface area contributed by atoms with Gasteiger partial charge in [-0.3, -0.25) is 0 Å². The standard InChI is InChI=1S/C20H22F3N3O3S/c1-12(9-24)18(27)14-3-2-13-7-16-4-5-17(8-15(13)6-14)19(16)10-26(11-20(21,22)23)30(28,29)25-19/h2-3,6,16-18,25,27H,1,4-5,7-8,10-11H2/t16-,17+,18?,19-/m1/s1. The van der Waals surface area contributed by atoms with E-state index < -0.39 is 34.6 Å². The number of benzene rings is 1. The summed E-state index contributed by atoms with van der Waals surface area (Å²) in [4.78, 5) is 0. The molecule has 1 aliphatic heterocycles. The van der Waals surface area contributed by atoms with Crippen LogP contribution in [0, 0.1) is 23.2 Å². The maximum absolute atomic E-state index is 12.9. The van der Waals surface area contributed by atoms with Gasteiger partial charge in [0.15, 0.2) is 0 Å². The van der Waals surface area contributed by atoms with Crippen LogP contribution in [0.3, 0.4) is 0 Å². The van der Waals surface area contributed by atoms with Crippen LogP contribution in [0.25, 0.3) is 0 Å². The number of nitriles is 1. The van der Waals surface area contributed by atoms with Crippen molar-refractivity contribution in [2.75, 3.05) is 13.1 Å². The summed E-state index contributed by atoms with van der Waals surface area (Å²) in [6.45, 7) is 1.85. The molecule has 1 spiro atoms. The van der Waals surface area contributed by atoms with E-state index in [0.717, 1.165) is 17.5 Å². The first-order valence-electron chi connectivity index (χ1n) is 9.69. The largest absolute Gasteiger partial charge is 0.402 e. The fraction of sp³-hybridized carbons (Fsp3) is 0.550. The molecule has 1 saturated heterocycles. The van der Waals surface area contributed by atoms with Crippen LogP contribution >= 0.6 is 0 Å². The molecule has 0 radical (unpaired) electrons. The van der Waals surface area contributed by atoms with Crippen molar-refractivity contribution in [2.45, 2.75) is 43.5 Å². The second-order valence-corrected chi connectivity index (χ2v) is 10.1. The Morgan fingerprint density at radius 3 is 2.57 bits per heavy atom. The second kappa shape index (κ2) is 7.05. The molecule has 1 heterocycles. The Hall–Kier alpha value is -1.93. The maximum atomic E-state index is 12.9. The third kappa shape index (κ3) is 3.54. The van der Waals surface area contributed by atoms with E-state index in [9.17, 15) is 26.7 Å². The minimum atomic E-state index is -4.61. The van der Waals surface area contributed by atoms with Crippen LogP contribution in [0.5, 0.6) is 0 Å². The van der Waals surface area contributed by atoms with Crippen molar-refractivity contribution in [3.8, 4) is 6.07 Å². The number of nitrogens with zero attached hydrogens (tertiary/aromatic N) is 2. The second-order valence-electron chi connectivity index (χ2n) is 8.48. The molecule has 2 bridgehead atoms. The molecule has 2 N–H and O–H groups in total. The van der Waals surface area contributed by atoms with E-state index in [4.69, 9.17) is 5.26 Å². The van der Waals surface area contributed by atoms with Crippen molar-refractivity contribution in [1.29, 1.82) is 5.26 Å². The molecule has 1 unspecified atom stereocenters. The van der Waals surface area contributed by atoms with Crippen LogP contribution in [-0.4, -0.2) is 42.6 Å². The number of fused-ring (bicyclic) bond motifs is 1. The molecular weight excluding hydrogens is 419 g/mol. The average molecular weight is 441 g/mol. The summed E-state index contributed by atoms with van der Waals surface area (Å²) < 4.78 is 67.0. The number of hydrogen-bond donors (Lipinski definition) is 2. The highest BCUT2D eigenvalue weighted by Gasteiger charge is 2.60. The van der Waals surface area contributed by atoms with E-state index in [-0.39, 0.29) is 24.0 Å². The highest BCUT2D eigenvalue weighted by molar-refractivity contribution is 7.87. The average Bonchev–Trinajstić information content (AvgIpc) is 3.03.